The molecular weight excluding hydrogens is 378 g/mol. The normalized spacial score (nSPS) is 14.5. The number of para-hydroxylation sites is 1. The lowest BCUT2D eigenvalue weighted by Crippen LogP contribution is -2.31. The first kappa shape index (κ1) is 21.4. The van der Waals surface area contributed by atoms with Crippen LogP contribution >= 0.6 is 0 Å². The predicted octanol–water partition coefficient (Wildman–Crippen LogP) is 6.72. The van der Waals surface area contributed by atoms with Gasteiger partial charge in [-0.1, -0.05) is 66.2 Å². The van der Waals surface area contributed by atoms with Crippen LogP contribution in [0.5, 0.6) is 5.75 Å². The Morgan fingerprint density at radius 1 is 0.806 bits per heavy atom. The van der Waals surface area contributed by atoms with Crippen molar-refractivity contribution < 1.29 is 4.74 Å². The fraction of sp³-hybridized carbons (Fsp3) is 0.310. The van der Waals surface area contributed by atoms with Crippen LogP contribution in [0.2, 0.25) is 0 Å². The smallest absolute Gasteiger partial charge is 0.126 e. The number of nitrogens with zero attached hydrogens (tertiary/aromatic N) is 1. The highest BCUT2D eigenvalue weighted by atomic mass is 16.5. The van der Waals surface area contributed by atoms with Crippen LogP contribution in [0.15, 0.2) is 72.3 Å². The summed E-state index contributed by atoms with van der Waals surface area (Å²) in [6, 6.07) is 23.8. The van der Waals surface area contributed by atoms with E-state index in [9.17, 15) is 0 Å². The maximum absolute atomic E-state index is 5.73. The second-order valence-corrected chi connectivity index (χ2v) is 8.61. The molecule has 0 spiro atoms. The Morgan fingerprint density at radius 2 is 1.48 bits per heavy atom. The summed E-state index contributed by atoms with van der Waals surface area (Å²) < 4.78 is 5.73. The zero-order valence-corrected chi connectivity index (χ0v) is 19.2. The molecular formula is C29H33NO. The molecule has 4 rings (SSSR count). The minimum atomic E-state index is 0.946. The number of hydrogen-bond acceptors (Lipinski definition) is 2. The van der Waals surface area contributed by atoms with Gasteiger partial charge < -0.3 is 4.74 Å². The van der Waals surface area contributed by atoms with E-state index in [0.717, 1.165) is 38.2 Å². The maximum atomic E-state index is 5.73. The van der Waals surface area contributed by atoms with Crippen molar-refractivity contribution in [3.05, 3.63) is 106 Å². The van der Waals surface area contributed by atoms with Gasteiger partial charge in [-0.15, -0.1) is 0 Å². The largest absolute Gasteiger partial charge is 0.496 e. The fourth-order valence-corrected chi connectivity index (χ4v) is 4.66. The molecule has 1 saturated heterocycles. The topological polar surface area (TPSA) is 12.5 Å². The lowest BCUT2D eigenvalue weighted by atomic mass is 9.87. The molecule has 0 aromatic heterocycles. The SMILES string of the molecule is COc1ccccc1C(=C1CCN(Cc2ccc(C)c(C)c2C)CC1)c1ccccc1. The van der Waals surface area contributed by atoms with Gasteiger partial charge in [0.05, 0.1) is 7.11 Å². The predicted molar refractivity (Wildman–Crippen MR) is 131 cm³/mol. The molecule has 0 aliphatic carbocycles. The Bertz CT molecular complexity index is 1070. The Kier molecular flexibility index (Phi) is 6.58. The molecule has 0 N–H and O–H groups in total. The van der Waals surface area contributed by atoms with E-state index < -0.39 is 0 Å². The van der Waals surface area contributed by atoms with Gasteiger partial charge in [-0.25, -0.2) is 0 Å². The van der Waals surface area contributed by atoms with Crippen molar-refractivity contribution in [1.82, 2.24) is 4.90 Å². The highest BCUT2D eigenvalue weighted by Crippen LogP contribution is 2.37. The number of methoxy groups -OCH3 is 1. The maximum Gasteiger partial charge on any atom is 0.126 e. The molecule has 1 aliphatic heterocycles. The summed E-state index contributed by atoms with van der Waals surface area (Å²) in [6.07, 6.45) is 2.18. The van der Waals surface area contributed by atoms with E-state index >= 15 is 0 Å². The Balaban J connectivity index is 1.61. The molecule has 0 atom stereocenters. The van der Waals surface area contributed by atoms with E-state index in [-0.39, 0.29) is 0 Å². The van der Waals surface area contributed by atoms with Crippen LogP contribution in [0.1, 0.15) is 46.2 Å². The number of likely N-dealkylation sites (tertiary alicyclic amines) is 1. The van der Waals surface area contributed by atoms with Gasteiger partial charge in [-0.2, -0.15) is 0 Å². The summed E-state index contributed by atoms with van der Waals surface area (Å²) >= 11 is 0. The lowest BCUT2D eigenvalue weighted by Gasteiger charge is -2.31. The van der Waals surface area contributed by atoms with Gasteiger partial charge >= 0.3 is 0 Å². The minimum absolute atomic E-state index is 0.946. The van der Waals surface area contributed by atoms with Crippen molar-refractivity contribution in [2.24, 2.45) is 0 Å². The third kappa shape index (κ3) is 4.60. The van der Waals surface area contributed by atoms with E-state index in [2.05, 4.69) is 86.3 Å². The molecule has 2 nitrogen and oxygen atoms in total. The standard InChI is InChI=1S/C29H33NO/c1-21-14-15-26(23(3)22(21)2)20-30-18-16-25(17-19-30)29(24-10-6-5-7-11-24)27-12-8-9-13-28(27)31-4/h5-15H,16-20H2,1-4H3. The van der Waals surface area contributed by atoms with Crippen LogP contribution in [0.3, 0.4) is 0 Å². The first-order chi connectivity index (χ1) is 15.1. The molecule has 0 amide bonds. The first-order valence-corrected chi connectivity index (χ1v) is 11.3. The van der Waals surface area contributed by atoms with Gasteiger partial charge in [0.1, 0.15) is 5.75 Å². The monoisotopic (exact) mass is 411 g/mol. The number of ether oxygens (including phenoxy) is 1. The molecule has 1 heterocycles. The van der Waals surface area contributed by atoms with Gasteiger partial charge in [0.2, 0.25) is 0 Å². The molecule has 2 heteroatoms. The van der Waals surface area contributed by atoms with Gasteiger partial charge in [0, 0.05) is 25.2 Å². The van der Waals surface area contributed by atoms with E-state index in [1.54, 1.807) is 7.11 Å². The fourth-order valence-electron chi connectivity index (χ4n) is 4.66. The van der Waals surface area contributed by atoms with Crippen molar-refractivity contribution in [1.29, 1.82) is 0 Å². The third-order valence-electron chi connectivity index (χ3n) is 6.82. The Hall–Kier alpha value is -2.84. The number of rotatable bonds is 5. The first-order valence-electron chi connectivity index (χ1n) is 11.3. The van der Waals surface area contributed by atoms with Crippen LogP contribution < -0.4 is 4.74 Å². The van der Waals surface area contributed by atoms with Crippen molar-refractivity contribution in [3.8, 4) is 5.75 Å². The van der Waals surface area contributed by atoms with Crippen LogP contribution in [0, 0.1) is 20.8 Å². The molecule has 3 aromatic rings. The quantitative estimate of drug-likeness (QED) is 0.462. The highest BCUT2D eigenvalue weighted by Gasteiger charge is 2.21. The highest BCUT2D eigenvalue weighted by molar-refractivity contribution is 5.85. The Morgan fingerprint density at radius 3 is 2.19 bits per heavy atom. The minimum Gasteiger partial charge on any atom is -0.496 e. The van der Waals surface area contributed by atoms with Crippen LogP contribution in [0.25, 0.3) is 5.57 Å². The molecule has 1 aliphatic rings. The molecule has 1 fully saturated rings. The lowest BCUT2D eigenvalue weighted by molar-refractivity contribution is 0.248. The molecule has 0 unspecified atom stereocenters. The second-order valence-electron chi connectivity index (χ2n) is 8.61. The van der Waals surface area contributed by atoms with Gasteiger partial charge in [0.25, 0.3) is 0 Å². The van der Waals surface area contributed by atoms with E-state index in [0.29, 0.717) is 0 Å². The number of hydrogen-bond donors (Lipinski definition) is 0. The average Bonchev–Trinajstić information content (AvgIpc) is 2.82. The second kappa shape index (κ2) is 9.53. The summed E-state index contributed by atoms with van der Waals surface area (Å²) in [5, 5.41) is 0. The van der Waals surface area contributed by atoms with Crippen molar-refractivity contribution in [2.75, 3.05) is 20.2 Å². The van der Waals surface area contributed by atoms with E-state index in [4.69, 9.17) is 4.74 Å². The summed E-state index contributed by atoms with van der Waals surface area (Å²) in [4.78, 5) is 2.60. The summed E-state index contributed by atoms with van der Waals surface area (Å²) in [5.41, 5.74) is 11.1. The van der Waals surface area contributed by atoms with Crippen molar-refractivity contribution in [2.45, 2.75) is 40.2 Å². The molecule has 3 aromatic carbocycles. The zero-order valence-electron chi connectivity index (χ0n) is 19.2. The van der Waals surface area contributed by atoms with Crippen LogP contribution in [0.4, 0.5) is 0 Å². The molecule has 0 bridgehead atoms. The average molecular weight is 412 g/mol. The summed E-state index contributed by atoms with van der Waals surface area (Å²) in [7, 11) is 1.76. The van der Waals surface area contributed by atoms with Crippen LogP contribution in [-0.4, -0.2) is 25.1 Å². The zero-order chi connectivity index (χ0) is 21.8. The van der Waals surface area contributed by atoms with Gasteiger partial charge in [-0.05, 0) is 73.1 Å². The molecule has 31 heavy (non-hydrogen) atoms. The molecule has 0 saturated carbocycles. The Labute approximate surface area is 187 Å². The molecule has 0 radical (unpaired) electrons. The number of benzene rings is 3. The van der Waals surface area contributed by atoms with Crippen LogP contribution in [-0.2, 0) is 6.54 Å². The summed E-state index contributed by atoms with van der Waals surface area (Å²) in [6.45, 7) is 9.93. The van der Waals surface area contributed by atoms with Gasteiger partial charge in [0.15, 0.2) is 0 Å². The summed E-state index contributed by atoms with van der Waals surface area (Å²) in [5.74, 6) is 0.946. The number of aryl methyl sites for hydroxylation is 1. The van der Waals surface area contributed by atoms with E-state index in [1.165, 1.54) is 44.5 Å². The number of piperidine rings is 1. The third-order valence-corrected chi connectivity index (χ3v) is 6.82. The van der Waals surface area contributed by atoms with E-state index in [1.807, 2.05) is 6.07 Å². The van der Waals surface area contributed by atoms with Crippen molar-refractivity contribution in [3.63, 3.8) is 0 Å². The molecule has 160 valence electrons. The van der Waals surface area contributed by atoms with Gasteiger partial charge in [-0.3, -0.25) is 4.90 Å². The van der Waals surface area contributed by atoms with Crippen molar-refractivity contribution >= 4 is 5.57 Å².